The maximum Gasteiger partial charge on any atom is 0.191 e. The van der Waals surface area contributed by atoms with Gasteiger partial charge in [0.2, 0.25) is 0 Å². The highest BCUT2D eigenvalue weighted by Crippen LogP contribution is 2.18. The van der Waals surface area contributed by atoms with Crippen molar-refractivity contribution < 1.29 is 14.2 Å². The van der Waals surface area contributed by atoms with Crippen molar-refractivity contribution in [1.29, 1.82) is 0 Å². The second kappa shape index (κ2) is 11.8. The van der Waals surface area contributed by atoms with E-state index in [1.165, 1.54) is 0 Å². The van der Waals surface area contributed by atoms with Gasteiger partial charge in [-0.3, -0.25) is 9.89 Å². The second-order valence-electron chi connectivity index (χ2n) is 7.40. The van der Waals surface area contributed by atoms with E-state index >= 15 is 0 Å². The highest BCUT2D eigenvalue weighted by Gasteiger charge is 2.23. The van der Waals surface area contributed by atoms with Gasteiger partial charge in [0, 0.05) is 32.7 Å². The molecule has 1 saturated heterocycles. The highest BCUT2D eigenvalue weighted by atomic mass is 16.5. The van der Waals surface area contributed by atoms with Gasteiger partial charge in [-0.25, -0.2) is 0 Å². The van der Waals surface area contributed by atoms with Crippen molar-refractivity contribution >= 4 is 5.96 Å². The number of ether oxygens (including phenoxy) is 3. The van der Waals surface area contributed by atoms with Crippen molar-refractivity contribution in [2.24, 2.45) is 10.9 Å². The van der Waals surface area contributed by atoms with Gasteiger partial charge in [0.25, 0.3) is 0 Å². The molecule has 2 unspecified atom stereocenters. The van der Waals surface area contributed by atoms with Gasteiger partial charge in [-0.15, -0.1) is 0 Å². The molecule has 2 rings (SSSR count). The number of guanidine groups is 1. The standard InChI is InChI=1S/C21H36N4O3/c1-16(2)20(25-10-12-27-13-11-25)15-24-21(22-4)23-14-17(3)28-19-8-6-18(26-5)7-9-19/h6-9,16-17,20H,10-15H2,1-5H3,(H2,22,23,24). The minimum Gasteiger partial charge on any atom is -0.497 e. The summed E-state index contributed by atoms with van der Waals surface area (Å²) in [6, 6.07) is 8.08. The van der Waals surface area contributed by atoms with E-state index in [1.807, 2.05) is 31.2 Å². The van der Waals surface area contributed by atoms with Crippen LogP contribution in [0.4, 0.5) is 0 Å². The molecule has 0 spiro atoms. The molecule has 1 aromatic rings. The van der Waals surface area contributed by atoms with Crippen molar-refractivity contribution in [2.75, 3.05) is 53.6 Å². The van der Waals surface area contributed by atoms with Crippen LogP contribution in [0.1, 0.15) is 20.8 Å². The van der Waals surface area contributed by atoms with Crippen molar-refractivity contribution in [3.63, 3.8) is 0 Å². The van der Waals surface area contributed by atoms with Crippen LogP contribution in [0, 0.1) is 5.92 Å². The molecular weight excluding hydrogens is 356 g/mol. The van der Waals surface area contributed by atoms with E-state index in [1.54, 1.807) is 14.2 Å². The van der Waals surface area contributed by atoms with Crippen molar-refractivity contribution in [3.05, 3.63) is 24.3 Å². The molecule has 2 N–H and O–H groups in total. The number of methoxy groups -OCH3 is 1. The van der Waals surface area contributed by atoms with Crippen LogP contribution in [0.2, 0.25) is 0 Å². The van der Waals surface area contributed by atoms with Crippen LogP contribution < -0.4 is 20.1 Å². The maximum atomic E-state index is 5.94. The van der Waals surface area contributed by atoms with Gasteiger partial charge < -0.3 is 24.8 Å². The normalized spacial score (nSPS) is 17.9. The molecule has 1 heterocycles. The Labute approximate surface area is 169 Å². The molecule has 1 aliphatic heterocycles. The maximum absolute atomic E-state index is 5.94. The van der Waals surface area contributed by atoms with E-state index in [-0.39, 0.29) is 6.10 Å². The van der Waals surface area contributed by atoms with Crippen molar-refractivity contribution in [2.45, 2.75) is 32.9 Å². The predicted octanol–water partition coefficient (Wildman–Crippen LogP) is 1.98. The lowest BCUT2D eigenvalue weighted by molar-refractivity contribution is 0.00751. The second-order valence-corrected chi connectivity index (χ2v) is 7.40. The fourth-order valence-corrected chi connectivity index (χ4v) is 3.29. The monoisotopic (exact) mass is 392 g/mol. The third-order valence-corrected chi connectivity index (χ3v) is 4.94. The van der Waals surface area contributed by atoms with Crippen molar-refractivity contribution in [3.8, 4) is 11.5 Å². The van der Waals surface area contributed by atoms with Gasteiger partial charge in [-0.2, -0.15) is 0 Å². The topological polar surface area (TPSA) is 67.4 Å². The molecule has 0 aromatic heterocycles. The van der Waals surface area contributed by atoms with Gasteiger partial charge >= 0.3 is 0 Å². The molecular formula is C21H36N4O3. The summed E-state index contributed by atoms with van der Waals surface area (Å²) in [5, 5.41) is 6.82. The van der Waals surface area contributed by atoms with E-state index in [4.69, 9.17) is 14.2 Å². The molecule has 28 heavy (non-hydrogen) atoms. The molecule has 1 aliphatic rings. The van der Waals surface area contributed by atoms with Crippen molar-refractivity contribution in [1.82, 2.24) is 15.5 Å². The van der Waals surface area contributed by atoms with Gasteiger partial charge in [0.15, 0.2) is 5.96 Å². The van der Waals surface area contributed by atoms with Crippen LogP contribution >= 0.6 is 0 Å². The summed E-state index contributed by atoms with van der Waals surface area (Å²) in [5.74, 6) is 3.00. The smallest absolute Gasteiger partial charge is 0.191 e. The summed E-state index contributed by atoms with van der Waals surface area (Å²) >= 11 is 0. The van der Waals surface area contributed by atoms with Crippen LogP contribution in [0.3, 0.4) is 0 Å². The van der Waals surface area contributed by atoms with E-state index in [0.29, 0.717) is 18.5 Å². The van der Waals surface area contributed by atoms with Crippen LogP contribution in [0.5, 0.6) is 11.5 Å². The number of hydrogen-bond donors (Lipinski definition) is 2. The summed E-state index contributed by atoms with van der Waals surface area (Å²) in [4.78, 5) is 6.85. The molecule has 0 amide bonds. The van der Waals surface area contributed by atoms with Gasteiger partial charge in [-0.05, 0) is 37.1 Å². The number of aliphatic imine (C=N–C) groups is 1. The minimum atomic E-state index is 0.00656. The third kappa shape index (κ3) is 7.20. The zero-order valence-electron chi connectivity index (χ0n) is 17.9. The van der Waals surface area contributed by atoms with Crippen LogP contribution in [0.15, 0.2) is 29.3 Å². The Balaban J connectivity index is 1.77. The molecule has 0 aliphatic carbocycles. The molecule has 1 fully saturated rings. The molecule has 0 saturated carbocycles. The first kappa shape index (κ1) is 22.3. The van der Waals surface area contributed by atoms with Gasteiger partial charge in [0.05, 0.1) is 26.9 Å². The molecule has 0 radical (unpaired) electrons. The summed E-state index contributed by atoms with van der Waals surface area (Å²) in [6.45, 7) is 11.7. The SMILES string of the molecule is CN=C(NCC(C)Oc1ccc(OC)cc1)NCC(C(C)C)N1CCOCC1. The highest BCUT2D eigenvalue weighted by molar-refractivity contribution is 5.79. The summed E-state index contributed by atoms with van der Waals surface area (Å²) in [6.07, 6.45) is 0.00656. The molecule has 0 bridgehead atoms. The largest absolute Gasteiger partial charge is 0.497 e. The first-order valence-electron chi connectivity index (χ1n) is 10.1. The fraction of sp³-hybridized carbons (Fsp3) is 0.667. The first-order chi connectivity index (χ1) is 13.5. The predicted molar refractivity (Wildman–Crippen MR) is 113 cm³/mol. The van der Waals surface area contributed by atoms with Crippen LogP contribution in [0.25, 0.3) is 0 Å². The Morgan fingerprint density at radius 3 is 2.25 bits per heavy atom. The van der Waals surface area contributed by atoms with Crippen LogP contribution in [-0.2, 0) is 4.74 Å². The lowest BCUT2D eigenvalue weighted by atomic mass is 10.0. The summed E-state index contributed by atoms with van der Waals surface area (Å²) in [7, 11) is 3.45. The lowest BCUT2D eigenvalue weighted by Gasteiger charge is -2.37. The Bertz CT molecular complexity index is 586. The summed E-state index contributed by atoms with van der Waals surface area (Å²) < 4.78 is 16.6. The number of benzene rings is 1. The molecule has 158 valence electrons. The molecule has 2 atom stereocenters. The number of nitrogens with one attached hydrogen (secondary N) is 2. The van der Waals surface area contributed by atoms with Crippen LogP contribution in [-0.4, -0.2) is 76.6 Å². The van der Waals surface area contributed by atoms with Gasteiger partial charge in [-0.1, -0.05) is 13.8 Å². The Morgan fingerprint density at radius 2 is 1.68 bits per heavy atom. The average Bonchev–Trinajstić information content (AvgIpc) is 2.71. The minimum absolute atomic E-state index is 0.00656. The van der Waals surface area contributed by atoms with E-state index < -0.39 is 0 Å². The Hall–Kier alpha value is -1.99. The Kier molecular flexibility index (Phi) is 9.37. The number of hydrogen-bond acceptors (Lipinski definition) is 5. The number of rotatable bonds is 9. The number of nitrogens with zero attached hydrogens (tertiary/aromatic N) is 2. The number of morpholine rings is 1. The van der Waals surface area contributed by atoms with E-state index in [2.05, 4.69) is 34.4 Å². The molecule has 1 aromatic carbocycles. The summed E-state index contributed by atoms with van der Waals surface area (Å²) in [5.41, 5.74) is 0. The molecule has 7 nitrogen and oxygen atoms in total. The van der Waals surface area contributed by atoms with Gasteiger partial charge in [0.1, 0.15) is 17.6 Å². The lowest BCUT2D eigenvalue weighted by Crippen LogP contribution is -2.53. The molecule has 7 heteroatoms. The average molecular weight is 393 g/mol. The van der Waals surface area contributed by atoms with E-state index in [9.17, 15) is 0 Å². The quantitative estimate of drug-likeness (QED) is 0.495. The third-order valence-electron chi connectivity index (χ3n) is 4.94. The first-order valence-corrected chi connectivity index (χ1v) is 10.1. The van der Waals surface area contributed by atoms with E-state index in [0.717, 1.165) is 50.3 Å². The zero-order valence-corrected chi connectivity index (χ0v) is 17.9. The zero-order chi connectivity index (χ0) is 20.4. The Morgan fingerprint density at radius 1 is 1.07 bits per heavy atom. The fourth-order valence-electron chi connectivity index (χ4n) is 3.29.